The number of piperidine rings is 1. The Morgan fingerprint density at radius 3 is 2.44 bits per heavy atom. The molecule has 1 unspecified atom stereocenters. The van der Waals surface area contributed by atoms with E-state index in [0.29, 0.717) is 35.0 Å². The molecule has 4 aromatic rings. The molecular formula is C28H30N6O2. The summed E-state index contributed by atoms with van der Waals surface area (Å²) in [6, 6.07) is 17.4. The summed E-state index contributed by atoms with van der Waals surface area (Å²) in [4.78, 5) is 24.5. The number of ether oxygens (including phenoxy) is 1. The molecule has 184 valence electrons. The minimum Gasteiger partial charge on any atom is -0.457 e. The van der Waals surface area contributed by atoms with Gasteiger partial charge in [-0.05, 0) is 75.2 Å². The standard InChI is InChI=1S/C28H30N6O2/c29-27-25-26(19-9-12-22(13-10-19)36-21-7-3-1-4-8-21)32-34(28(25)31-18-30-27)23-17-20(11-14-24(23)35)33-15-5-2-6-16-33/h1,3-4,7-10,12-13,18,20,23H,2,5-6,11,14-17H2,(H2,29,30,31)/t20?,23-/m1/s1. The molecule has 36 heavy (non-hydrogen) atoms. The number of rotatable bonds is 5. The van der Waals surface area contributed by atoms with Crippen molar-refractivity contribution in [3.63, 3.8) is 0 Å². The molecule has 6 rings (SSSR count). The second-order valence-corrected chi connectivity index (χ2v) is 9.70. The fourth-order valence-electron chi connectivity index (χ4n) is 5.55. The van der Waals surface area contributed by atoms with Gasteiger partial charge in [0, 0.05) is 18.0 Å². The SMILES string of the molecule is Nc1ncnc2c1c(-c1ccc(Oc3ccccc3)cc1)nn2[C@@H]1CC(N2CCCCC2)CCC1=O. The number of para-hydroxylation sites is 1. The first-order valence-electron chi connectivity index (χ1n) is 12.8. The van der Waals surface area contributed by atoms with Crippen LogP contribution in [0, 0.1) is 0 Å². The van der Waals surface area contributed by atoms with Crippen LogP contribution in [0.15, 0.2) is 60.9 Å². The van der Waals surface area contributed by atoms with Gasteiger partial charge in [-0.3, -0.25) is 4.79 Å². The van der Waals surface area contributed by atoms with Gasteiger partial charge < -0.3 is 15.4 Å². The summed E-state index contributed by atoms with van der Waals surface area (Å²) in [7, 11) is 0. The van der Waals surface area contributed by atoms with E-state index in [1.807, 2.05) is 54.6 Å². The number of carbonyl (C=O) groups is 1. The molecule has 0 spiro atoms. The van der Waals surface area contributed by atoms with Crippen molar-refractivity contribution in [3.05, 3.63) is 60.9 Å². The van der Waals surface area contributed by atoms with Gasteiger partial charge in [-0.25, -0.2) is 14.6 Å². The van der Waals surface area contributed by atoms with Gasteiger partial charge in [0.25, 0.3) is 0 Å². The van der Waals surface area contributed by atoms with Crippen molar-refractivity contribution in [1.29, 1.82) is 0 Å². The zero-order valence-corrected chi connectivity index (χ0v) is 20.2. The third-order valence-corrected chi connectivity index (χ3v) is 7.42. The second kappa shape index (κ2) is 9.70. The van der Waals surface area contributed by atoms with E-state index in [0.717, 1.165) is 43.0 Å². The Hall–Kier alpha value is -3.78. The van der Waals surface area contributed by atoms with Gasteiger partial charge in [-0.1, -0.05) is 24.6 Å². The van der Waals surface area contributed by atoms with Gasteiger partial charge in [0.1, 0.15) is 35.4 Å². The van der Waals surface area contributed by atoms with E-state index in [1.165, 1.54) is 25.6 Å². The Morgan fingerprint density at radius 2 is 1.67 bits per heavy atom. The molecule has 1 saturated heterocycles. The molecule has 1 saturated carbocycles. The number of nitrogens with zero attached hydrogens (tertiary/aromatic N) is 5. The largest absolute Gasteiger partial charge is 0.457 e. The number of benzene rings is 2. The van der Waals surface area contributed by atoms with Crippen molar-refractivity contribution < 1.29 is 9.53 Å². The molecule has 1 aliphatic carbocycles. The molecule has 0 bridgehead atoms. The molecule has 0 radical (unpaired) electrons. The van der Waals surface area contributed by atoms with Crippen molar-refractivity contribution >= 4 is 22.6 Å². The van der Waals surface area contributed by atoms with Crippen LogP contribution < -0.4 is 10.5 Å². The summed E-state index contributed by atoms with van der Waals surface area (Å²) >= 11 is 0. The van der Waals surface area contributed by atoms with E-state index in [-0.39, 0.29) is 11.8 Å². The molecule has 1 aliphatic heterocycles. The number of ketones is 1. The quantitative estimate of drug-likeness (QED) is 0.426. The van der Waals surface area contributed by atoms with Gasteiger partial charge in [-0.15, -0.1) is 0 Å². The van der Waals surface area contributed by atoms with E-state index >= 15 is 0 Å². The molecule has 8 heteroatoms. The second-order valence-electron chi connectivity index (χ2n) is 9.70. The Morgan fingerprint density at radius 1 is 0.917 bits per heavy atom. The fraction of sp³-hybridized carbons (Fsp3) is 0.357. The number of likely N-dealkylation sites (tertiary alicyclic amines) is 1. The van der Waals surface area contributed by atoms with Crippen LogP contribution in [0.1, 0.15) is 44.6 Å². The lowest BCUT2D eigenvalue weighted by atomic mass is 9.88. The first kappa shape index (κ1) is 22.7. The molecule has 2 N–H and O–H groups in total. The molecule has 2 aromatic carbocycles. The Balaban J connectivity index is 1.34. The number of carbonyl (C=O) groups excluding carboxylic acids is 1. The zero-order chi connectivity index (χ0) is 24.5. The van der Waals surface area contributed by atoms with Crippen LogP contribution in [0.25, 0.3) is 22.3 Å². The lowest BCUT2D eigenvalue weighted by Gasteiger charge is -2.38. The number of anilines is 1. The molecule has 2 aliphatic rings. The zero-order valence-electron chi connectivity index (χ0n) is 20.2. The first-order chi connectivity index (χ1) is 17.7. The summed E-state index contributed by atoms with van der Waals surface area (Å²) in [5, 5.41) is 5.62. The summed E-state index contributed by atoms with van der Waals surface area (Å²) in [5.41, 5.74) is 8.49. The van der Waals surface area contributed by atoms with Crippen LogP contribution >= 0.6 is 0 Å². The molecule has 2 aromatic heterocycles. The summed E-state index contributed by atoms with van der Waals surface area (Å²) in [6.07, 6.45) is 7.45. The Bertz CT molecular complexity index is 1360. The highest BCUT2D eigenvalue weighted by molar-refractivity contribution is 5.99. The highest BCUT2D eigenvalue weighted by Crippen LogP contribution is 2.37. The molecule has 3 heterocycles. The lowest BCUT2D eigenvalue weighted by molar-refractivity contribution is -0.125. The minimum atomic E-state index is -0.350. The normalized spacial score (nSPS) is 21.1. The van der Waals surface area contributed by atoms with Crippen LogP contribution in [-0.2, 0) is 4.79 Å². The summed E-state index contributed by atoms with van der Waals surface area (Å²) < 4.78 is 7.74. The predicted molar refractivity (Wildman–Crippen MR) is 139 cm³/mol. The Kier molecular flexibility index (Phi) is 6.11. The third kappa shape index (κ3) is 4.33. The van der Waals surface area contributed by atoms with E-state index in [9.17, 15) is 4.79 Å². The number of nitrogen functional groups attached to an aromatic ring is 1. The molecule has 8 nitrogen and oxygen atoms in total. The van der Waals surface area contributed by atoms with Crippen LogP contribution in [0.4, 0.5) is 5.82 Å². The van der Waals surface area contributed by atoms with Crippen molar-refractivity contribution in [2.75, 3.05) is 18.8 Å². The van der Waals surface area contributed by atoms with Gasteiger partial charge in [0.05, 0.1) is 5.39 Å². The van der Waals surface area contributed by atoms with Crippen molar-refractivity contribution in [3.8, 4) is 22.8 Å². The molecule has 2 fully saturated rings. The average molecular weight is 483 g/mol. The lowest BCUT2D eigenvalue weighted by Crippen LogP contribution is -2.44. The number of nitrogens with two attached hydrogens (primary N) is 1. The van der Waals surface area contributed by atoms with E-state index in [2.05, 4.69) is 14.9 Å². The van der Waals surface area contributed by atoms with Crippen molar-refractivity contribution in [2.45, 2.75) is 50.6 Å². The number of aromatic nitrogens is 4. The third-order valence-electron chi connectivity index (χ3n) is 7.42. The van der Waals surface area contributed by atoms with E-state index in [4.69, 9.17) is 15.6 Å². The highest BCUT2D eigenvalue weighted by Gasteiger charge is 2.35. The number of hydrogen-bond acceptors (Lipinski definition) is 7. The number of hydrogen-bond donors (Lipinski definition) is 1. The van der Waals surface area contributed by atoms with Gasteiger partial charge in [0.15, 0.2) is 11.4 Å². The van der Waals surface area contributed by atoms with Gasteiger partial charge in [0.2, 0.25) is 0 Å². The van der Waals surface area contributed by atoms with Crippen LogP contribution in [0.5, 0.6) is 11.5 Å². The summed E-state index contributed by atoms with van der Waals surface area (Å²) in [6.45, 7) is 2.23. The van der Waals surface area contributed by atoms with Gasteiger partial charge >= 0.3 is 0 Å². The molecule has 2 atom stereocenters. The maximum Gasteiger partial charge on any atom is 0.164 e. The monoisotopic (exact) mass is 482 g/mol. The van der Waals surface area contributed by atoms with Crippen molar-refractivity contribution in [2.24, 2.45) is 0 Å². The van der Waals surface area contributed by atoms with E-state index in [1.54, 1.807) is 4.68 Å². The maximum atomic E-state index is 13.1. The average Bonchev–Trinajstić information content (AvgIpc) is 3.31. The van der Waals surface area contributed by atoms with Crippen LogP contribution in [0.2, 0.25) is 0 Å². The fourth-order valence-corrected chi connectivity index (χ4v) is 5.55. The topological polar surface area (TPSA) is 99.2 Å². The minimum absolute atomic E-state index is 0.211. The van der Waals surface area contributed by atoms with Crippen molar-refractivity contribution in [1.82, 2.24) is 24.6 Å². The number of fused-ring (bicyclic) bond motifs is 1. The predicted octanol–water partition coefficient (Wildman–Crippen LogP) is 5.02. The first-order valence-corrected chi connectivity index (χ1v) is 12.8. The molecular weight excluding hydrogens is 452 g/mol. The summed E-state index contributed by atoms with van der Waals surface area (Å²) in [5.74, 6) is 2.08. The Labute approximate surface area is 210 Å². The maximum absolute atomic E-state index is 13.1. The van der Waals surface area contributed by atoms with Crippen LogP contribution in [0.3, 0.4) is 0 Å². The highest BCUT2D eigenvalue weighted by atomic mass is 16.5. The smallest absolute Gasteiger partial charge is 0.164 e. The van der Waals surface area contributed by atoms with E-state index < -0.39 is 0 Å². The number of Topliss-reactive ketones (excluding diaryl/α,β-unsaturated/α-hetero) is 1. The van der Waals surface area contributed by atoms with Gasteiger partial charge in [-0.2, -0.15) is 5.10 Å². The molecule has 0 amide bonds. The van der Waals surface area contributed by atoms with Crippen LogP contribution in [-0.4, -0.2) is 49.6 Å².